The van der Waals surface area contributed by atoms with Gasteiger partial charge in [-0.25, -0.2) is 0 Å². The Labute approximate surface area is 77.1 Å². The molecule has 1 saturated heterocycles. The van der Waals surface area contributed by atoms with Gasteiger partial charge < -0.3 is 0 Å². The molecule has 2 nitrogen and oxygen atoms in total. The van der Waals surface area contributed by atoms with Crippen molar-refractivity contribution in [2.45, 2.75) is 30.9 Å². The van der Waals surface area contributed by atoms with Crippen LogP contribution >= 0.6 is 11.8 Å². The minimum atomic E-state index is 0.393. The lowest BCUT2D eigenvalue weighted by atomic mass is 9.88. The van der Waals surface area contributed by atoms with Gasteiger partial charge in [0.1, 0.15) is 0 Å². The summed E-state index contributed by atoms with van der Waals surface area (Å²) in [5, 5.41) is 6.88. The SMILES string of the molecule is CC1(C)SCCC1c1cn[nH]c1. The topological polar surface area (TPSA) is 28.7 Å². The summed E-state index contributed by atoms with van der Waals surface area (Å²) in [6.45, 7) is 4.64. The van der Waals surface area contributed by atoms with Crippen LogP contribution in [-0.2, 0) is 0 Å². The second-order valence-corrected chi connectivity index (χ2v) is 5.57. The van der Waals surface area contributed by atoms with Crippen molar-refractivity contribution in [3.63, 3.8) is 0 Å². The maximum absolute atomic E-state index is 4.00. The zero-order valence-corrected chi connectivity index (χ0v) is 8.32. The molecule has 1 N–H and O–H groups in total. The van der Waals surface area contributed by atoms with Gasteiger partial charge in [-0.2, -0.15) is 16.9 Å². The first-order valence-electron chi connectivity index (χ1n) is 4.33. The van der Waals surface area contributed by atoms with Gasteiger partial charge in [0.15, 0.2) is 0 Å². The highest BCUT2D eigenvalue weighted by molar-refractivity contribution is 8.00. The summed E-state index contributed by atoms with van der Waals surface area (Å²) in [5.41, 5.74) is 1.37. The Morgan fingerprint density at radius 2 is 2.50 bits per heavy atom. The molecule has 1 aliphatic heterocycles. The summed E-state index contributed by atoms with van der Waals surface area (Å²) in [6.07, 6.45) is 5.27. The van der Waals surface area contributed by atoms with Gasteiger partial charge in [0.2, 0.25) is 0 Å². The third-order valence-electron chi connectivity index (χ3n) is 2.64. The van der Waals surface area contributed by atoms with Gasteiger partial charge in [-0.1, -0.05) is 13.8 Å². The number of rotatable bonds is 1. The average Bonchev–Trinajstić information content (AvgIpc) is 2.55. The van der Waals surface area contributed by atoms with Gasteiger partial charge in [-0.15, -0.1) is 0 Å². The molecule has 2 rings (SSSR count). The third-order valence-corrected chi connectivity index (χ3v) is 4.11. The van der Waals surface area contributed by atoms with Crippen LogP contribution in [0, 0.1) is 0 Å². The summed E-state index contributed by atoms with van der Waals surface area (Å²) in [6, 6.07) is 0. The number of nitrogens with zero attached hydrogens (tertiary/aromatic N) is 1. The highest BCUT2D eigenvalue weighted by atomic mass is 32.2. The Bertz CT molecular complexity index is 254. The summed E-state index contributed by atoms with van der Waals surface area (Å²) in [4.78, 5) is 0. The average molecular weight is 182 g/mol. The minimum absolute atomic E-state index is 0.393. The minimum Gasteiger partial charge on any atom is -0.285 e. The van der Waals surface area contributed by atoms with E-state index in [9.17, 15) is 0 Å². The smallest absolute Gasteiger partial charge is 0.0522 e. The van der Waals surface area contributed by atoms with Crippen molar-refractivity contribution in [2.75, 3.05) is 5.75 Å². The highest BCUT2D eigenvalue weighted by Crippen LogP contribution is 2.47. The van der Waals surface area contributed by atoms with Crippen molar-refractivity contribution in [1.82, 2.24) is 10.2 Å². The Kier molecular flexibility index (Phi) is 1.91. The molecule has 12 heavy (non-hydrogen) atoms. The second kappa shape index (κ2) is 2.80. The van der Waals surface area contributed by atoms with Crippen molar-refractivity contribution in [3.05, 3.63) is 18.0 Å². The van der Waals surface area contributed by atoms with Gasteiger partial charge in [0.25, 0.3) is 0 Å². The number of nitrogens with one attached hydrogen (secondary N) is 1. The van der Waals surface area contributed by atoms with Crippen LogP contribution in [0.2, 0.25) is 0 Å². The number of hydrogen-bond acceptors (Lipinski definition) is 2. The summed E-state index contributed by atoms with van der Waals surface area (Å²) < 4.78 is 0.393. The first-order chi connectivity index (χ1) is 5.70. The second-order valence-electron chi connectivity index (χ2n) is 3.82. The molecule has 1 atom stereocenters. The molecule has 0 aromatic carbocycles. The molecule has 66 valence electrons. The number of H-pyrrole nitrogens is 1. The predicted octanol–water partition coefficient (Wildman–Crippen LogP) is 2.41. The molecule has 1 fully saturated rings. The van der Waals surface area contributed by atoms with Crippen molar-refractivity contribution in [3.8, 4) is 0 Å². The number of thioether (sulfide) groups is 1. The van der Waals surface area contributed by atoms with Crippen LogP contribution in [0.1, 0.15) is 31.7 Å². The van der Waals surface area contributed by atoms with E-state index in [4.69, 9.17) is 0 Å². The molecule has 1 aromatic rings. The lowest BCUT2D eigenvalue weighted by Gasteiger charge is -2.24. The van der Waals surface area contributed by atoms with E-state index >= 15 is 0 Å². The summed E-state index contributed by atoms with van der Waals surface area (Å²) in [7, 11) is 0. The number of aromatic amines is 1. The monoisotopic (exact) mass is 182 g/mol. The molecule has 1 aromatic heterocycles. The van der Waals surface area contributed by atoms with E-state index in [1.165, 1.54) is 17.7 Å². The maximum Gasteiger partial charge on any atom is 0.0522 e. The molecule has 2 heterocycles. The fourth-order valence-electron chi connectivity index (χ4n) is 1.91. The molecule has 1 unspecified atom stereocenters. The van der Waals surface area contributed by atoms with E-state index in [-0.39, 0.29) is 0 Å². The largest absolute Gasteiger partial charge is 0.285 e. The molecule has 0 radical (unpaired) electrons. The zero-order valence-electron chi connectivity index (χ0n) is 7.50. The Morgan fingerprint density at radius 1 is 1.67 bits per heavy atom. The quantitative estimate of drug-likeness (QED) is 0.722. The van der Waals surface area contributed by atoms with Gasteiger partial charge >= 0.3 is 0 Å². The first kappa shape index (κ1) is 8.17. The lowest BCUT2D eigenvalue weighted by Crippen LogP contribution is -2.19. The van der Waals surface area contributed by atoms with Crippen LogP contribution in [-0.4, -0.2) is 20.7 Å². The Morgan fingerprint density at radius 3 is 3.00 bits per heavy atom. The predicted molar refractivity (Wildman–Crippen MR) is 52.5 cm³/mol. The normalized spacial score (nSPS) is 27.7. The fourth-order valence-corrected chi connectivity index (χ4v) is 3.24. The van der Waals surface area contributed by atoms with Crippen molar-refractivity contribution >= 4 is 11.8 Å². The molecule has 0 amide bonds. The Balaban J connectivity index is 2.25. The van der Waals surface area contributed by atoms with Gasteiger partial charge in [-0.05, 0) is 17.7 Å². The van der Waals surface area contributed by atoms with Crippen LogP contribution in [0.25, 0.3) is 0 Å². The molecule has 0 spiro atoms. The lowest BCUT2D eigenvalue weighted by molar-refractivity contribution is 0.562. The van der Waals surface area contributed by atoms with Crippen LogP contribution in [0.15, 0.2) is 12.4 Å². The van der Waals surface area contributed by atoms with E-state index in [0.717, 1.165) is 0 Å². The van der Waals surface area contributed by atoms with Crippen molar-refractivity contribution in [2.24, 2.45) is 0 Å². The first-order valence-corrected chi connectivity index (χ1v) is 5.31. The standard InChI is InChI=1S/C9H14N2S/c1-9(2)8(3-4-12-9)7-5-10-11-6-7/h5-6,8H,3-4H2,1-2H3,(H,10,11). The van der Waals surface area contributed by atoms with E-state index in [2.05, 4.69) is 35.8 Å². The zero-order chi connectivity index (χ0) is 8.60. The van der Waals surface area contributed by atoms with Crippen LogP contribution < -0.4 is 0 Å². The molecule has 3 heteroatoms. The molecule has 0 saturated carbocycles. The van der Waals surface area contributed by atoms with E-state index in [1.807, 2.05) is 12.4 Å². The molecule has 1 aliphatic rings. The third kappa shape index (κ3) is 1.26. The van der Waals surface area contributed by atoms with Gasteiger partial charge in [-0.3, -0.25) is 5.10 Å². The number of aromatic nitrogens is 2. The molecule has 0 bridgehead atoms. The maximum atomic E-state index is 4.00. The van der Waals surface area contributed by atoms with Gasteiger partial charge in [0.05, 0.1) is 6.20 Å². The molecule has 0 aliphatic carbocycles. The van der Waals surface area contributed by atoms with E-state index in [0.29, 0.717) is 10.7 Å². The molecular formula is C9H14N2S. The molecular weight excluding hydrogens is 168 g/mol. The number of hydrogen-bond donors (Lipinski definition) is 1. The van der Waals surface area contributed by atoms with E-state index < -0.39 is 0 Å². The Hall–Kier alpha value is -0.440. The van der Waals surface area contributed by atoms with Crippen LogP contribution in [0.5, 0.6) is 0 Å². The van der Waals surface area contributed by atoms with Crippen molar-refractivity contribution < 1.29 is 0 Å². The summed E-state index contributed by atoms with van der Waals surface area (Å²) >= 11 is 2.06. The fraction of sp³-hybridized carbons (Fsp3) is 0.667. The van der Waals surface area contributed by atoms with E-state index in [1.54, 1.807) is 0 Å². The summed E-state index contributed by atoms with van der Waals surface area (Å²) in [5.74, 6) is 1.96. The van der Waals surface area contributed by atoms with Gasteiger partial charge in [0, 0.05) is 16.9 Å². The highest BCUT2D eigenvalue weighted by Gasteiger charge is 2.36. The van der Waals surface area contributed by atoms with Crippen LogP contribution in [0.4, 0.5) is 0 Å². The van der Waals surface area contributed by atoms with Crippen LogP contribution in [0.3, 0.4) is 0 Å². The van der Waals surface area contributed by atoms with Crippen molar-refractivity contribution in [1.29, 1.82) is 0 Å².